The third-order valence-electron chi connectivity index (χ3n) is 6.36. The summed E-state index contributed by atoms with van der Waals surface area (Å²) in [6.45, 7) is 7.68. The van der Waals surface area contributed by atoms with E-state index in [1.54, 1.807) is 6.20 Å². The maximum absolute atomic E-state index is 13.5. The molecule has 1 aromatic heterocycles. The SMILES string of the molecule is C=COCCONC(=O)C[C@H]1NC(=O)N(C(c2ncc(-c3ccc(C)cc3)[nH]2)C(C)c2ccccc2)C1=O. The Morgan fingerprint density at radius 1 is 1.16 bits per heavy atom. The van der Waals surface area contributed by atoms with Gasteiger partial charge in [-0.1, -0.05) is 73.7 Å². The number of carbonyl (C=O) groups is 3. The average Bonchev–Trinajstić information content (AvgIpc) is 3.50. The summed E-state index contributed by atoms with van der Waals surface area (Å²) in [7, 11) is 0. The minimum atomic E-state index is -1.03. The van der Waals surface area contributed by atoms with Crippen LogP contribution >= 0.6 is 0 Å². The maximum Gasteiger partial charge on any atom is 0.325 e. The van der Waals surface area contributed by atoms with Crippen molar-refractivity contribution < 1.29 is 24.0 Å². The quantitative estimate of drug-likeness (QED) is 0.145. The van der Waals surface area contributed by atoms with Crippen LogP contribution in [0, 0.1) is 6.92 Å². The molecule has 0 bridgehead atoms. The minimum Gasteiger partial charge on any atom is -0.499 e. The molecule has 2 unspecified atom stereocenters. The number of imide groups is 1. The molecule has 0 aliphatic carbocycles. The van der Waals surface area contributed by atoms with Gasteiger partial charge in [0.25, 0.3) is 5.91 Å². The molecule has 2 aromatic carbocycles. The van der Waals surface area contributed by atoms with Crippen molar-refractivity contribution >= 4 is 17.8 Å². The molecule has 1 aliphatic rings. The fourth-order valence-electron chi connectivity index (χ4n) is 4.37. The summed E-state index contributed by atoms with van der Waals surface area (Å²) in [4.78, 5) is 53.0. The first-order valence-corrected chi connectivity index (χ1v) is 12.3. The Bertz CT molecular complexity index is 1270. The molecule has 3 aromatic rings. The molecule has 10 heteroatoms. The Balaban J connectivity index is 1.56. The number of nitrogens with zero attached hydrogens (tertiary/aromatic N) is 2. The van der Waals surface area contributed by atoms with Crippen LogP contribution in [0.2, 0.25) is 0 Å². The van der Waals surface area contributed by atoms with Crippen LogP contribution in [-0.4, -0.2) is 52.0 Å². The Morgan fingerprint density at radius 3 is 2.61 bits per heavy atom. The van der Waals surface area contributed by atoms with Gasteiger partial charge in [0.2, 0.25) is 5.91 Å². The summed E-state index contributed by atoms with van der Waals surface area (Å²) in [5, 5.41) is 2.64. The van der Waals surface area contributed by atoms with E-state index in [1.807, 2.05) is 68.4 Å². The van der Waals surface area contributed by atoms with Gasteiger partial charge in [-0.25, -0.2) is 15.3 Å². The summed E-state index contributed by atoms with van der Waals surface area (Å²) in [6.07, 6.45) is 2.69. The third-order valence-corrected chi connectivity index (χ3v) is 6.36. The Hall–Kier alpha value is -4.44. The number of aryl methyl sites for hydroxylation is 1. The summed E-state index contributed by atoms with van der Waals surface area (Å²) in [5.74, 6) is -0.877. The van der Waals surface area contributed by atoms with Crippen LogP contribution in [0.15, 0.2) is 73.6 Å². The predicted octanol–water partition coefficient (Wildman–Crippen LogP) is 3.75. The van der Waals surface area contributed by atoms with Crippen LogP contribution in [0.5, 0.6) is 0 Å². The number of hydrogen-bond acceptors (Lipinski definition) is 6. The number of carbonyl (C=O) groups excluding carboxylic acids is 3. The number of ether oxygens (including phenoxy) is 1. The standard InChI is InChI=1S/C28H31N5O5/c1-4-37-14-15-38-32-24(34)16-22-27(35)33(28(36)31-22)25(19(3)20-8-6-5-7-9-20)26-29-17-23(30-26)21-12-10-18(2)11-13-21/h4-13,17,19,22,25H,1,14-16H2,2-3H3,(H,29,30)(H,31,36)(H,32,34)/t19?,22-,25?/m1/s1. The second-order valence-electron chi connectivity index (χ2n) is 9.02. The van der Waals surface area contributed by atoms with Gasteiger partial charge in [-0.3, -0.25) is 19.3 Å². The first kappa shape index (κ1) is 26.6. The molecule has 2 heterocycles. The maximum atomic E-state index is 13.5. The van der Waals surface area contributed by atoms with E-state index in [0.29, 0.717) is 5.82 Å². The summed E-state index contributed by atoms with van der Waals surface area (Å²) < 4.78 is 4.92. The van der Waals surface area contributed by atoms with Gasteiger partial charge in [-0.05, 0) is 18.1 Å². The molecule has 4 amide bonds. The molecule has 3 atom stereocenters. The van der Waals surface area contributed by atoms with E-state index in [0.717, 1.165) is 27.3 Å². The van der Waals surface area contributed by atoms with Crippen molar-refractivity contribution in [3.63, 3.8) is 0 Å². The number of benzene rings is 2. The van der Waals surface area contributed by atoms with Crippen molar-refractivity contribution in [1.29, 1.82) is 0 Å². The molecular formula is C28H31N5O5. The molecular weight excluding hydrogens is 486 g/mol. The largest absolute Gasteiger partial charge is 0.499 e. The van der Waals surface area contributed by atoms with E-state index in [9.17, 15) is 14.4 Å². The Labute approximate surface area is 221 Å². The molecule has 0 radical (unpaired) electrons. The van der Waals surface area contributed by atoms with E-state index in [4.69, 9.17) is 9.57 Å². The number of H-pyrrole nitrogens is 1. The smallest absolute Gasteiger partial charge is 0.325 e. The molecule has 0 saturated carbocycles. The summed E-state index contributed by atoms with van der Waals surface area (Å²) in [5.41, 5.74) is 6.03. The fourth-order valence-corrected chi connectivity index (χ4v) is 4.37. The number of aromatic amines is 1. The normalized spacial score (nSPS) is 16.6. The molecule has 198 valence electrons. The molecule has 0 spiro atoms. The van der Waals surface area contributed by atoms with Gasteiger partial charge in [0.15, 0.2) is 0 Å². The highest BCUT2D eigenvalue weighted by atomic mass is 16.7. The number of urea groups is 1. The van der Waals surface area contributed by atoms with Crippen molar-refractivity contribution in [1.82, 2.24) is 25.7 Å². The van der Waals surface area contributed by atoms with Crippen molar-refractivity contribution in [2.75, 3.05) is 13.2 Å². The number of rotatable bonds is 12. The lowest BCUT2D eigenvalue weighted by atomic mass is 9.91. The minimum absolute atomic E-state index is 0.104. The van der Waals surface area contributed by atoms with E-state index < -0.39 is 29.9 Å². The van der Waals surface area contributed by atoms with E-state index in [2.05, 4.69) is 27.3 Å². The molecule has 4 rings (SSSR count). The van der Waals surface area contributed by atoms with Crippen LogP contribution in [0.25, 0.3) is 11.3 Å². The van der Waals surface area contributed by atoms with Gasteiger partial charge in [0, 0.05) is 5.92 Å². The number of imidazole rings is 1. The number of hydrogen-bond donors (Lipinski definition) is 3. The topological polar surface area (TPSA) is 126 Å². The van der Waals surface area contributed by atoms with Gasteiger partial charge in [-0.15, -0.1) is 0 Å². The van der Waals surface area contributed by atoms with Crippen LogP contribution in [0.3, 0.4) is 0 Å². The first-order chi connectivity index (χ1) is 18.4. The molecule has 38 heavy (non-hydrogen) atoms. The van der Waals surface area contributed by atoms with E-state index >= 15 is 0 Å². The zero-order valence-electron chi connectivity index (χ0n) is 21.3. The second kappa shape index (κ2) is 12.2. The van der Waals surface area contributed by atoms with Crippen LogP contribution in [0.1, 0.15) is 42.3 Å². The van der Waals surface area contributed by atoms with Gasteiger partial charge in [0.1, 0.15) is 31.1 Å². The number of amides is 4. The van der Waals surface area contributed by atoms with Gasteiger partial charge < -0.3 is 15.0 Å². The van der Waals surface area contributed by atoms with Gasteiger partial charge in [-0.2, -0.15) is 0 Å². The Morgan fingerprint density at radius 2 is 1.89 bits per heavy atom. The highest BCUT2D eigenvalue weighted by Crippen LogP contribution is 2.37. The lowest BCUT2D eigenvalue weighted by Gasteiger charge is -2.29. The van der Waals surface area contributed by atoms with Crippen LogP contribution < -0.4 is 10.8 Å². The van der Waals surface area contributed by atoms with Crippen LogP contribution in [0.4, 0.5) is 4.79 Å². The number of aromatic nitrogens is 2. The van der Waals surface area contributed by atoms with Gasteiger partial charge in [0.05, 0.1) is 24.6 Å². The molecule has 1 saturated heterocycles. The molecule has 10 nitrogen and oxygen atoms in total. The van der Waals surface area contributed by atoms with Crippen molar-refractivity contribution in [3.05, 3.63) is 90.6 Å². The number of nitrogens with one attached hydrogen (secondary N) is 3. The summed E-state index contributed by atoms with van der Waals surface area (Å²) >= 11 is 0. The molecule has 1 aliphatic heterocycles. The average molecular weight is 518 g/mol. The van der Waals surface area contributed by atoms with Gasteiger partial charge >= 0.3 is 6.03 Å². The van der Waals surface area contributed by atoms with Crippen molar-refractivity contribution in [2.45, 2.75) is 38.3 Å². The van der Waals surface area contributed by atoms with E-state index in [1.165, 1.54) is 6.26 Å². The Kier molecular flexibility index (Phi) is 8.55. The van der Waals surface area contributed by atoms with Crippen molar-refractivity contribution in [3.8, 4) is 11.3 Å². The van der Waals surface area contributed by atoms with Crippen LogP contribution in [-0.2, 0) is 19.2 Å². The fraction of sp³-hybridized carbons (Fsp3) is 0.286. The third kappa shape index (κ3) is 6.09. The zero-order valence-corrected chi connectivity index (χ0v) is 21.3. The lowest BCUT2D eigenvalue weighted by Crippen LogP contribution is -2.39. The molecule has 3 N–H and O–H groups in total. The van der Waals surface area contributed by atoms with Crippen molar-refractivity contribution in [2.24, 2.45) is 0 Å². The highest BCUT2D eigenvalue weighted by molar-refractivity contribution is 6.06. The monoisotopic (exact) mass is 517 g/mol. The highest BCUT2D eigenvalue weighted by Gasteiger charge is 2.46. The van der Waals surface area contributed by atoms with E-state index in [-0.39, 0.29) is 25.6 Å². The number of hydroxylamine groups is 1. The summed E-state index contributed by atoms with van der Waals surface area (Å²) in [6, 6.07) is 15.2. The molecule has 1 fully saturated rings. The second-order valence-corrected chi connectivity index (χ2v) is 9.02. The predicted molar refractivity (Wildman–Crippen MR) is 140 cm³/mol. The lowest BCUT2D eigenvalue weighted by molar-refractivity contribution is -0.138. The zero-order chi connectivity index (χ0) is 27.1. The first-order valence-electron chi connectivity index (χ1n) is 12.3.